The maximum Gasteiger partial charge on any atom is 0.306 e. The van der Waals surface area contributed by atoms with Crippen molar-refractivity contribution in [3.63, 3.8) is 0 Å². The van der Waals surface area contributed by atoms with Crippen LogP contribution in [0.25, 0.3) is 0 Å². The number of piperidine rings is 1. The van der Waals surface area contributed by atoms with Gasteiger partial charge in [-0.3, -0.25) is 14.4 Å². The second-order valence-electron chi connectivity index (χ2n) is 6.80. The van der Waals surface area contributed by atoms with Gasteiger partial charge in [-0.25, -0.2) is 0 Å². The molecule has 2 amide bonds. The molecule has 1 aliphatic carbocycles. The van der Waals surface area contributed by atoms with Crippen molar-refractivity contribution < 1.29 is 19.5 Å². The van der Waals surface area contributed by atoms with Crippen molar-refractivity contribution in [1.82, 2.24) is 10.2 Å². The van der Waals surface area contributed by atoms with Crippen molar-refractivity contribution >= 4 is 17.8 Å². The summed E-state index contributed by atoms with van der Waals surface area (Å²) in [6, 6.07) is 0. The van der Waals surface area contributed by atoms with Gasteiger partial charge in [0.1, 0.15) is 0 Å². The molecule has 130 valence electrons. The van der Waals surface area contributed by atoms with Gasteiger partial charge in [-0.05, 0) is 44.9 Å². The van der Waals surface area contributed by atoms with Crippen LogP contribution in [0.3, 0.4) is 0 Å². The molecule has 0 bridgehead atoms. The largest absolute Gasteiger partial charge is 0.481 e. The lowest BCUT2D eigenvalue weighted by Gasteiger charge is -2.36. The number of rotatable bonds is 5. The molecule has 6 heteroatoms. The molecule has 1 aliphatic heterocycles. The van der Waals surface area contributed by atoms with Crippen LogP contribution in [0.2, 0.25) is 0 Å². The lowest BCUT2D eigenvalue weighted by molar-refractivity contribution is -0.146. The van der Waals surface area contributed by atoms with Crippen molar-refractivity contribution in [2.45, 2.75) is 51.9 Å². The molecule has 0 aromatic rings. The van der Waals surface area contributed by atoms with Crippen molar-refractivity contribution in [2.75, 3.05) is 19.6 Å². The molecule has 2 aliphatic rings. The summed E-state index contributed by atoms with van der Waals surface area (Å²) in [7, 11) is 0. The smallest absolute Gasteiger partial charge is 0.306 e. The van der Waals surface area contributed by atoms with Crippen LogP contribution in [0.15, 0.2) is 0 Å². The van der Waals surface area contributed by atoms with Crippen LogP contribution in [0.5, 0.6) is 0 Å². The minimum atomic E-state index is -0.749. The highest BCUT2D eigenvalue weighted by atomic mass is 16.4. The monoisotopic (exact) mass is 324 g/mol. The van der Waals surface area contributed by atoms with Gasteiger partial charge in [-0.2, -0.15) is 0 Å². The van der Waals surface area contributed by atoms with Crippen LogP contribution in [0.4, 0.5) is 0 Å². The van der Waals surface area contributed by atoms with Gasteiger partial charge in [0.05, 0.1) is 11.8 Å². The number of nitrogens with one attached hydrogen (secondary N) is 1. The van der Waals surface area contributed by atoms with Gasteiger partial charge in [0.15, 0.2) is 0 Å². The van der Waals surface area contributed by atoms with E-state index in [0.717, 1.165) is 25.8 Å². The predicted octanol–water partition coefficient (Wildman–Crippen LogP) is 1.64. The third kappa shape index (κ3) is 4.69. The van der Waals surface area contributed by atoms with Gasteiger partial charge in [0, 0.05) is 25.6 Å². The molecule has 0 spiro atoms. The Kier molecular flexibility index (Phi) is 6.42. The molecule has 1 saturated carbocycles. The number of nitrogens with zero attached hydrogens (tertiary/aromatic N) is 1. The van der Waals surface area contributed by atoms with Gasteiger partial charge in [0.25, 0.3) is 0 Å². The second kappa shape index (κ2) is 8.31. The number of carbonyl (C=O) groups excluding carboxylic acids is 2. The summed E-state index contributed by atoms with van der Waals surface area (Å²) in [5.41, 5.74) is 0. The first-order valence-corrected chi connectivity index (χ1v) is 8.82. The quantitative estimate of drug-likeness (QED) is 0.805. The molecular weight excluding hydrogens is 296 g/mol. The van der Waals surface area contributed by atoms with Crippen LogP contribution in [0.1, 0.15) is 51.9 Å². The molecule has 1 heterocycles. The average Bonchev–Trinajstić information content (AvgIpc) is 2.59. The fourth-order valence-corrected chi connectivity index (χ4v) is 3.63. The third-order valence-corrected chi connectivity index (χ3v) is 5.08. The Balaban J connectivity index is 1.85. The highest BCUT2D eigenvalue weighted by Crippen LogP contribution is 2.31. The number of carboxylic acid groups (broad SMARTS) is 1. The summed E-state index contributed by atoms with van der Waals surface area (Å²) >= 11 is 0. The predicted molar refractivity (Wildman–Crippen MR) is 85.7 cm³/mol. The number of carbonyl (C=O) groups is 3. The van der Waals surface area contributed by atoms with Gasteiger partial charge >= 0.3 is 5.97 Å². The first-order chi connectivity index (χ1) is 11.0. The molecule has 0 aromatic carbocycles. The first kappa shape index (κ1) is 17.8. The normalized spacial score (nSPS) is 28.2. The SMILES string of the molecule is CCCNC(=O)C1CCCN(C(=O)C2CCC(C(=O)O)CC2)C1. The third-order valence-electron chi connectivity index (χ3n) is 5.08. The number of aliphatic carboxylic acids is 1. The summed E-state index contributed by atoms with van der Waals surface area (Å²) in [6.07, 6.45) is 5.08. The lowest BCUT2D eigenvalue weighted by atomic mass is 9.81. The second-order valence-corrected chi connectivity index (χ2v) is 6.80. The van der Waals surface area contributed by atoms with E-state index in [1.165, 1.54) is 0 Å². The van der Waals surface area contributed by atoms with Crippen molar-refractivity contribution in [2.24, 2.45) is 17.8 Å². The lowest BCUT2D eigenvalue weighted by Crippen LogP contribution is -2.47. The molecule has 0 radical (unpaired) electrons. The van der Waals surface area contributed by atoms with Crippen LogP contribution in [0, 0.1) is 17.8 Å². The van der Waals surface area contributed by atoms with E-state index in [0.29, 0.717) is 38.8 Å². The Morgan fingerprint density at radius 2 is 1.70 bits per heavy atom. The van der Waals surface area contributed by atoms with Crippen LogP contribution in [-0.2, 0) is 14.4 Å². The number of carboxylic acids is 1. The van der Waals surface area contributed by atoms with Gasteiger partial charge in [0.2, 0.25) is 11.8 Å². The Hall–Kier alpha value is -1.59. The number of likely N-dealkylation sites (tertiary alicyclic amines) is 1. The summed E-state index contributed by atoms with van der Waals surface area (Å²) in [5, 5.41) is 12.0. The first-order valence-electron chi connectivity index (χ1n) is 8.82. The Labute approximate surface area is 137 Å². The van der Waals surface area contributed by atoms with E-state index in [4.69, 9.17) is 5.11 Å². The van der Waals surface area contributed by atoms with Crippen molar-refractivity contribution in [3.05, 3.63) is 0 Å². The standard InChI is InChI=1S/C17H28N2O4/c1-2-9-18-15(20)14-4-3-10-19(11-14)16(21)12-5-7-13(8-6-12)17(22)23/h12-14H,2-11H2,1H3,(H,18,20)(H,22,23). The van der Waals surface area contributed by atoms with Crippen molar-refractivity contribution in [1.29, 1.82) is 0 Å². The Bertz CT molecular complexity index is 444. The number of amides is 2. The topological polar surface area (TPSA) is 86.7 Å². The molecule has 1 saturated heterocycles. The summed E-state index contributed by atoms with van der Waals surface area (Å²) < 4.78 is 0. The molecule has 0 aromatic heterocycles. The number of hydrogen-bond acceptors (Lipinski definition) is 3. The van der Waals surface area contributed by atoms with Crippen LogP contribution < -0.4 is 5.32 Å². The van der Waals surface area contributed by atoms with E-state index in [2.05, 4.69) is 5.32 Å². The maximum absolute atomic E-state index is 12.7. The average molecular weight is 324 g/mol. The van der Waals surface area contributed by atoms with E-state index in [1.54, 1.807) is 0 Å². The summed E-state index contributed by atoms with van der Waals surface area (Å²) in [5.74, 6) is -1.05. The maximum atomic E-state index is 12.7. The minimum Gasteiger partial charge on any atom is -0.481 e. The fourth-order valence-electron chi connectivity index (χ4n) is 3.63. The van der Waals surface area contributed by atoms with Gasteiger partial charge < -0.3 is 15.3 Å². The highest BCUT2D eigenvalue weighted by Gasteiger charge is 2.35. The van der Waals surface area contributed by atoms with Crippen LogP contribution >= 0.6 is 0 Å². The Morgan fingerprint density at radius 1 is 1.04 bits per heavy atom. The van der Waals surface area contributed by atoms with Crippen molar-refractivity contribution in [3.8, 4) is 0 Å². The summed E-state index contributed by atoms with van der Waals surface area (Å²) in [4.78, 5) is 37.6. The van der Waals surface area contributed by atoms with Gasteiger partial charge in [-0.1, -0.05) is 6.92 Å². The Morgan fingerprint density at radius 3 is 2.30 bits per heavy atom. The molecule has 2 N–H and O–H groups in total. The molecular formula is C17H28N2O4. The van der Waals surface area contributed by atoms with Gasteiger partial charge in [-0.15, -0.1) is 0 Å². The summed E-state index contributed by atoms with van der Waals surface area (Å²) in [6.45, 7) is 3.93. The molecule has 2 fully saturated rings. The molecule has 1 unspecified atom stereocenters. The molecule has 6 nitrogen and oxygen atoms in total. The molecule has 23 heavy (non-hydrogen) atoms. The van der Waals surface area contributed by atoms with E-state index in [9.17, 15) is 14.4 Å². The van der Waals surface area contributed by atoms with E-state index in [1.807, 2.05) is 11.8 Å². The fraction of sp³-hybridized carbons (Fsp3) is 0.824. The van der Waals surface area contributed by atoms with E-state index >= 15 is 0 Å². The highest BCUT2D eigenvalue weighted by molar-refractivity contribution is 5.82. The minimum absolute atomic E-state index is 0.0546. The molecule has 1 atom stereocenters. The zero-order valence-electron chi connectivity index (χ0n) is 13.9. The van der Waals surface area contributed by atoms with E-state index < -0.39 is 5.97 Å². The zero-order valence-corrected chi connectivity index (χ0v) is 13.9. The van der Waals surface area contributed by atoms with E-state index in [-0.39, 0.29) is 29.6 Å². The van der Waals surface area contributed by atoms with Crippen LogP contribution in [-0.4, -0.2) is 47.4 Å². The molecule has 2 rings (SSSR count). The number of hydrogen-bond donors (Lipinski definition) is 2. The zero-order chi connectivity index (χ0) is 16.8.